The van der Waals surface area contributed by atoms with Crippen LogP contribution in [0.15, 0.2) is 12.3 Å². The largest absolute Gasteiger partial charge is 0.510 e. The number of aliphatic hydroxyl groups excluding tert-OH is 2. The molecule has 0 heterocycles. The number of aliphatic hydroxyl groups is 2. The average molecular weight is 170 g/mol. The van der Waals surface area contributed by atoms with Gasteiger partial charge in [0.25, 0.3) is 0 Å². The highest BCUT2D eigenvalue weighted by Crippen LogP contribution is 2.28. The summed E-state index contributed by atoms with van der Waals surface area (Å²) in [6.07, 6.45) is 6.26. The zero-order valence-corrected chi connectivity index (χ0v) is 7.50. The van der Waals surface area contributed by atoms with Crippen LogP contribution in [0, 0.1) is 5.92 Å². The lowest BCUT2D eigenvalue weighted by Crippen LogP contribution is -2.17. The monoisotopic (exact) mass is 170 g/mol. The fraction of sp³-hybridized carbons (Fsp3) is 0.800. The normalized spacial score (nSPS) is 22.1. The van der Waals surface area contributed by atoms with E-state index in [0.717, 1.165) is 0 Å². The lowest BCUT2D eigenvalue weighted by atomic mass is 9.85. The Morgan fingerprint density at radius 1 is 1.33 bits per heavy atom. The van der Waals surface area contributed by atoms with Crippen molar-refractivity contribution in [2.45, 2.75) is 44.6 Å². The van der Waals surface area contributed by atoms with Gasteiger partial charge in [-0.25, -0.2) is 0 Å². The Morgan fingerprint density at radius 3 is 2.42 bits per heavy atom. The van der Waals surface area contributed by atoms with Crippen molar-refractivity contribution in [3.63, 3.8) is 0 Å². The van der Waals surface area contributed by atoms with Crippen molar-refractivity contribution in [1.82, 2.24) is 0 Å². The van der Waals surface area contributed by atoms with Gasteiger partial charge in [-0.15, -0.1) is 0 Å². The number of rotatable bonds is 3. The van der Waals surface area contributed by atoms with Crippen molar-refractivity contribution in [2.24, 2.45) is 5.92 Å². The highest BCUT2D eigenvalue weighted by molar-refractivity contribution is 4.90. The summed E-state index contributed by atoms with van der Waals surface area (Å²) < 4.78 is 0. The number of hydrogen-bond acceptors (Lipinski definition) is 2. The van der Waals surface area contributed by atoms with Crippen LogP contribution in [0.1, 0.15) is 38.5 Å². The van der Waals surface area contributed by atoms with Crippen LogP contribution in [-0.4, -0.2) is 16.3 Å². The van der Waals surface area contributed by atoms with Gasteiger partial charge in [0.15, 0.2) is 0 Å². The molecule has 12 heavy (non-hydrogen) atoms. The van der Waals surface area contributed by atoms with Crippen LogP contribution in [0.2, 0.25) is 0 Å². The van der Waals surface area contributed by atoms with E-state index in [0.29, 0.717) is 12.3 Å². The highest BCUT2D eigenvalue weighted by atomic mass is 16.3. The van der Waals surface area contributed by atoms with Crippen LogP contribution >= 0.6 is 0 Å². The quantitative estimate of drug-likeness (QED) is 0.638. The Morgan fingerprint density at radius 2 is 1.92 bits per heavy atom. The van der Waals surface area contributed by atoms with Crippen molar-refractivity contribution in [1.29, 1.82) is 0 Å². The van der Waals surface area contributed by atoms with E-state index in [-0.39, 0.29) is 5.76 Å². The molecule has 0 saturated heterocycles. The molecule has 0 aromatic carbocycles. The molecule has 0 aromatic rings. The summed E-state index contributed by atoms with van der Waals surface area (Å²) in [5.41, 5.74) is 0. The third-order valence-corrected chi connectivity index (χ3v) is 2.67. The molecule has 70 valence electrons. The van der Waals surface area contributed by atoms with Crippen molar-refractivity contribution in [2.75, 3.05) is 0 Å². The molecule has 0 spiro atoms. The summed E-state index contributed by atoms with van der Waals surface area (Å²) in [5, 5.41) is 18.2. The Labute approximate surface area is 73.9 Å². The maximum absolute atomic E-state index is 9.33. The van der Waals surface area contributed by atoms with Crippen LogP contribution < -0.4 is 0 Å². The zero-order chi connectivity index (χ0) is 8.97. The van der Waals surface area contributed by atoms with E-state index in [1.54, 1.807) is 0 Å². The molecular formula is C10H18O2. The highest BCUT2D eigenvalue weighted by Gasteiger charge is 2.18. The third kappa shape index (κ3) is 2.86. The van der Waals surface area contributed by atoms with Gasteiger partial charge in [-0.3, -0.25) is 0 Å². The molecule has 0 radical (unpaired) electrons. The van der Waals surface area contributed by atoms with Crippen molar-refractivity contribution in [3.05, 3.63) is 12.3 Å². The SMILES string of the molecule is C=C(O)C(O)CC1CCCCC1. The minimum Gasteiger partial charge on any atom is -0.510 e. The van der Waals surface area contributed by atoms with Gasteiger partial charge in [0.2, 0.25) is 0 Å². The summed E-state index contributed by atoms with van der Waals surface area (Å²) in [5.74, 6) is 0.512. The average Bonchev–Trinajstić information content (AvgIpc) is 2.06. The second-order valence-electron chi connectivity index (χ2n) is 3.75. The molecule has 2 N–H and O–H groups in total. The molecule has 2 heteroatoms. The molecule has 0 amide bonds. The lowest BCUT2D eigenvalue weighted by Gasteiger charge is -2.23. The van der Waals surface area contributed by atoms with Gasteiger partial charge in [0, 0.05) is 0 Å². The van der Waals surface area contributed by atoms with Crippen LogP contribution in [0.25, 0.3) is 0 Å². The second-order valence-corrected chi connectivity index (χ2v) is 3.75. The summed E-state index contributed by atoms with van der Waals surface area (Å²) >= 11 is 0. The molecule has 0 aromatic heterocycles. The van der Waals surface area contributed by atoms with E-state index in [2.05, 4.69) is 6.58 Å². The molecule has 1 atom stereocenters. The van der Waals surface area contributed by atoms with E-state index < -0.39 is 6.10 Å². The first-order valence-corrected chi connectivity index (χ1v) is 4.76. The fourth-order valence-corrected chi connectivity index (χ4v) is 1.87. The van der Waals surface area contributed by atoms with Crippen LogP contribution in [0.5, 0.6) is 0 Å². The Bertz CT molecular complexity index is 148. The maximum Gasteiger partial charge on any atom is 0.114 e. The van der Waals surface area contributed by atoms with E-state index in [1.807, 2.05) is 0 Å². The van der Waals surface area contributed by atoms with Gasteiger partial charge >= 0.3 is 0 Å². The predicted molar refractivity (Wildman–Crippen MR) is 49.0 cm³/mol. The van der Waals surface area contributed by atoms with Crippen molar-refractivity contribution in [3.8, 4) is 0 Å². The van der Waals surface area contributed by atoms with Gasteiger partial charge in [-0.1, -0.05) is 38.7 Å². The van der Waals surface area contributed by atoms with Crippen LogP contribution in [0.3, 0.4) is 0 Å². The minimum absolute atomic E-state index is 0.0828. The van der Waals surface area contributed by atoms with E-state index in [9.17, 15) is 5.11 Å². The van der Waals surface area contributed by atoms with Gasteiger partial charge in [0.05, 0.1) is 0 Å². The van der Waals surface area contributed by atoms with Crippen LogP contribution in [0.4, 0.5) is 0 Å². The van der Waals surface area contributed by atoms with Crippen LogP contribution in [-0.2, 0) is 0 Å². The molecule has 1 fully saturated rings. The Hall–Kier alpha value is -0.500. The van der Waals surface area contributed by atoms with Gasteiger partial charge in [-0.2, -0.15) is 0 Å². The molecule has 0 bridgehead atoms. The molecule has 1 unspecified atom stereocenters. The Balaban J connectivity index is 2.24. The molecular weight excluding hydrogens is 152 g/mol. The standard InChI is InChI=1S/C10H18O2/c1-8(11)10(12)7-9-5-3-2-4-6-9/h9-12H,1-7H2. The summed E-state index contributed by atoms with van der Waals surface area (Å²) in [6, 6.07) is 0. The minimum atomic E-state index is -0.701. The first-order chi connectivity index (χ1) is 5.70. The molecule has 2 nitrogen and oxygen atoms in total. The summed E-state index contributed by atoms with van der Waals surface area (Å²) in [4.78, 5) is 0. The maximum atomic E-state index is 9.33. The topological polar surface area (TPSA) is 40.5 Å². The number of hydrogen-bond donors (Lipinski definition) is 2. The second kappa shape index (κ2) is 4.51. The predicted octanol–water partition coefficient (Wildman–Crippen LogP) is 2.39. The first-order valence-electron chi connectivity index (χ1n) is 4.76. The molecule has 1 saturated carbocycles. The van der Waals surface area contributed by atoms with Crippen molar-refractivity contribution < 1.29 is 10.2 Å². The molecule has 1 rings (SSSR count). The van der Waals surface area contributed by atoms with Gasteiger partial charge < -0.3 is 10.2 Å². The fourth-order valence-electron chi connectivity index (χ4n) is 1.87. The van der Waals surface area contributed by atoms with E-state index in [4.69, 9.17) is 5.11 Å². The first kappa shape index (κ1) is 9.59. The molecule has 1 aliphatic carbocycles. The molecule has 0 aliphatic heterocycles. The Kier molecular flexibility index (Phi) is 3.60. The van der Waals surface area contributed by atoms with Gasteiger partial charge in [-0.05, 0) is 12.3 Å². The summed E-state index contributed by atoms with van der Waals surface area (Å²) in [6.45, 7) is 3.33. The van der Waals surface area contributed by atoms with Crippen molar-refractivity contribution >= 4 is 0 Å². The molecule has 1 aliphatic rings. The zero-order valence-electron chi connectivity index (χ0n) is 7.50. The summed E-state index contributed by atoms with van der Waals surface area (Å²) in [7, 11) is 0. The third-order valence-electron chi connectivity index (χ3n) is 2.67. The smallest absolute Gasteiger partial charge is 0.114 e. The van der Waals surface area contributed by atoms with E-state index in [1.165, 1.54) is 32.1 Å². The van der Waals surface area contributed by atoms with Gasteiger partial charge in [0.1, 0.15) is 11.9 Å². The van der Waals surface area contributed by atoms with E-state index >= 15 is 0 Å². The lowest BCUT2D eigenvalue weighted by molar-refractivity contribution is 0.118.